The van der Waals surface area contributed by atoms with Gasteiger partial charge in [-0.1, -0.05) is 48.9 Å². The fourth-order valence-electron chi connectivity index (χ4n) is 3.27. The van der Waals surface area contributed by atoms with Crippen molar-refractivity contribution in [3.8, 4) is 5.75 Å². The van der Waals surface area contributed by atoms with E-state index in [1.54, 1.807) is 0 Å². The molecule has 2 N–H and O–H groups in total. The molecule has 1 fully saturated rings. The lowest BCUT2D eigenvalue weighted by atomic mass is 9.64. The fraction of sp³-hybridized carbons (Fsp3) is 0.381. The van der Waals surface area contributed by atoms with Crippen LogP contribution < -0.4 is 10.1 Å². The topological polar surface area (TPSA) is 58.6 Å². The van der Waals surface area contributed by atoms with Crippen molar-refractivity contribution in [2.24, 2.45) is 0 Å². The van der Waals surface area contributed by atoms with E-state index in [2.05, 4.69) is 5.32 Å². The first-order valence-corrected chi connectivity index (χ1v) is 8.81. The minimum atomic E-state index is -0.739. The van der Waals surface area contributed by atoms with E-state index in [-0.39, 0.29) is 19.1 Å². The largest absolute Gasteiger partial charge is 0.491 e. The monoisotopic (exact) mass is 339 g/mol. The Bertz CT molecular complexity index is 710. The smallest absolute Gasteiger partial charge is 0.230 e. The van der Waals surface area contributed by atoms with Crippen LogP contribution in [-0.4, -0.2) is 30.3 Å². The summed E-state index contributed by atoms with van der Waals surface area (Å²) in [5.74, 6) is 0.727. The number of amides is 1. The lowest BCUT2D eigenvalue weighted by molar-refractivity contribution is -0.130. The molecule has 0 saturated heterocycles. The third-order valence-electron chi connectivity index (χ3n) is 4.90. The Balaban J connectivity index is 1.51. The molecule has 132 valence electrons. The number of hydrogen-bond donors (Lipinski definition) is 2. The zero-order chi connectivity index (χ0) is 17.7. The molecule has 1 unspecified atom stereocenters. The lowest BCUT2D eigenvalue weighted by Crippen LogP contribution is -2.51. The van der Waals surface area contributed by atoms with Gasteiger partial charge in [-0.25, -0.2) is 0 Å². The number of carbonyl (C=O) groups excluding carboxylic acids is 1. The molecule has 1 aliphatic rings. The van der Waals surface area contributed by atoms with Crippen molar-refractivity contribution >= 4 is 5.91 Å². The Kier molecular flexibility index (Phi) is 5.39. The van der Waals surface area contributed by atoms with Crippen molar-refractivity contribution in [1.82, 2.24) is 5.32 Å². The van der Waals surface area contributed by atoms with Crippen molar-refractivity contribution in [3.63, 3.8) is 0 Å². The van der Waals surface area contributed by atoms with Crippen LogP contribution >= 0.6 is 0 Å². The fourth-order valence-corrected chi connectivity index (χ4v) is 3.27. The molecule has 0 aliphatic heterocycles. The van der Waals surface area contributed by atoms with Gasteiger partial charge in [-0.3, -0.25) is 4.79 Å². The Labute approximate surface area is 148 Å². The molecule has 1 atom stereocenters. The third-order valence-corrected chi connectivity index (χ3v) is 4.90. The van der Waals surface area contributed by atoms with E-state index in [9.17, 15) is 9.90 Å². The van der Waals surface area contributed by atoms with Gasteiger partial charge in [0.2, 0.25) is 5.91 Å². The van der Waals surface area contributed by atoms with Crippen LogP contribution in [0.3, 0.4) is 0 Å². The molecule has 2 aromatic rings. The van der Waals surface area contributed by atoms with Gasteiger partial charge >= 0.3 is 0 Å². The standard InChI is InChI=1S/C21H25NO3/c1-16-7-5-10-19(13-16)25-15-18(23)14-22-20(24)21(11-6-12-21)17-8-3-2-4-9-17/h2-5,7-10,13,18,23H,6,11-12,14-15H2,1H3,(H,22,24). The molecule has 4 nitrogen and oxygen atoms in total. The van der Waals surface area contributed by atoms with Crippen LogP contribution in [0.5, 0.6) is 5.75 Å². The molecule has 0 heterocycles. The van der Waals surface area contributed by atoms with Crippen LogP contribution in [0, 0.1) is 6.92 Å². The number of aliphatic hydroxyl groups is 1. The maximum Gasteiger partial charge on any atom is 0.230 e. The van der Waals surface area contributed by atoms with Crippen molar-refractivity contribution in [2.45, 2.75) is 37.7 Å². The Morgan fingerprint density at radius 1 is 1.20 bits per heavy atom. The summed E-state index contributed by atoms with van der Waals surface area (Å²) in [5.41, 5.74) is 1.73. The zero-order valence-electron chi connectivity index (χ0n) is 14.6. The number of hydrogen-bond acceptors (Lipinski definition) is 3. The first-order valence-electron chi connectivity index (χ1n) is 8.81. The second-order valence-corrected chi connectivity index (χ2v) is 6.79. The van der Waals surface area contributed by atoms with Crippen molar-refractivity contribution in [1.29, 1.82) is 0 Å². The summed E-state index contributed by atoms with van der Waals surface area (Å²) in [6, 6.07) is 17.6. The average Bonchev–Trinajstić information content (AvgIpc) is 2.58. The van der Waals surface area contributed by atoms with Crippen molar-refractivity contribution in [2.75, 3.05) is 13.2 Å². The highest BCUT2D eigenvalue weighted by atomic mass is 16.5. The minimum Gasteiger partial charge on any atom is -0.491 e. The number of benzene rings is 2. The molecule has 0 spiro atoms. The molecule has 1 saturated carbocycles. The summed E-state index contributed by atoms with van der Waals surface area (Å²) in [7, 11) is 0. The van der Waals surface area contributed by atoms with E-state index in [4.69, 9.17) is 4.74 Å². The van der Waals surface area contributed by atoms with Crippen LogP contribution in [0.2, 0.25) is 0 Å². The average molecular weight is 339 g/mol. The summed E-state index contributed by atoms with van der Waals surface area (Å²) < 4.78 is 5.59. The van der Waals surface area contributed by atoms with E-state index in [1.165, 1.54) is 0 Å². The van der Waals surface area contributed by atoms with Gasteiger partial charge in [0.05, 0.1) is 5.41 Å². The van der Waals surface area contributed by atoms with Gasteiger partial charge in [-0.05, 0) is 43.0 Å². The van der Waals surface area contributed by atoms with Crippen molar-refractivity contribution < 1.29 is 14.6 Å². The zero-order valence-corrected chi connectivity index (χ0v) is 14.6. The first kappa shape index (κ1) is 17.5. The molecule has 0 aromatic heterocycles. The second-order valence-electron chi connectivity index (χ2n) is 6.79. The SMILES string of the molecule is Cc1cccc(OCC(O)CNC(=O)C2(c3ccccc3)CCC2)c1. The molecule has 0 bridgehead atoms. The summed E-state index contributed by atoms with van der Waals surface area (Å²) >= 11 is 0. The van der Waals surface area contributed by atoms with Crippen LogP contribution in [0.15, 0.2) is 54.6 Å². The molecular weight excluding hydrogens is 314 g/mol. The van der Waals surface area contributed by atoms with E-state index in [0.29, 0.717) is 0 Å². The summed E-state index contributed by atoms with van der Waals surface area (Å²) in [6.07, 6.45) is 2.04. The van der Waals surface area contributed by atoms with E-state index in [0.717, 1.165) is 36.1 Å². The van der Waals surface area contributed by atoms with E-state index < -0.39 is 11.5 Å². The highest BCUT2D eigenvalue weighted by molar-refractivity contribution is 5.89. The van der Waals surface area contributed by atoms with E-state index in [1.807, 2.05) is 61.5 Å². The van der Waals surface area contributed by atoms with Gasteiger partial charge in [-0.2, -0.15) is 0 Å². The first-order chi connectivity index (χ1) is 12.1. The Morgan fingerprint density at radius 2 is 1.96 bits per heavy atom. The predicted molar refractivity (Wildman–Crippen MR) is 97.7 cm³/mol. The Hall–Kier alpha value is -2.33. The molecule has 25 heavy (non-hydrogen) atoms. The summed E-state index contributed by atoms with van der Waals surface area (Å²) in [5, 5.41) is 13.0. The van der Waals surface area contributed by atoms with Gasteiger partial charge < -0.3 is 15.2 Å². The second kappa shape index (κ2) is 7.70. The molecular formula is C21H25NO3. The van der Waals surface area contributed by atoms with Crippen LogP contribution in [-0.2, 0) is 10.2 Å². The molecule has 2 aromatic carbocycles. The van der Waals surface area contributed by atoms with Crippen LogP contribution in [0.25, 0.3) is 0 Å². The van der Waals surface area contributed by atoms with Gasteiger partial charge in [0, 0.05) is 6.54 Å². The number of aliphatic hydroxyl groups excluding tert-OH is 1. The molecule has 1 amide bonds. The normalized spacial score (nSPS) is 16.6. The Morgan fingerprint density at radius 3 is 2.60 bits per heavy atom. The maximum absolute atomic E-state index is 12.7. The maximum atomic E-state index is 12.7. The minimum absolute atomic E-state index is 0.000412. The number of aryl methyl sites for hydroxylation is 1. The van der Waals surface area contributed by atoms with Crippen molar-refractivity contribution in [3.05, 3.63) is 65.7 Å². The highest BCUT2D eigenvalue weighted by Crippen LogP contribution is 2.43. The number of rotatable bonds is 7. The quantitative estimate of drug-likeness (QED) is 0.815. The number of carbonyl (C=O) groups is 1. The predicted octanol–water partition coefficient (Wildman–Crippen LogP) is 2.97. The number of ether oxygens (including phenoxy) is 1. The van der Waals surface area contributed by atoms with Gasteiger partial charge in [0.15, 0.2) is 0 Å². The van der Waals surface area contributed by atoms with Gasteiger partial charge in [0.1, 0.15) is 18.5 Å². The van der Waals surface area contributed by atoms with E-state index >= 15 is 0 Å². The van der Waals surface area contributed by atoms with Gasteiger partial charge in [0.25, 0.3) is 0 Å². The van der Waals surface area contributed by atoms with Gasteiger partial charge in [-0.15, -0.1) is 0 Å². The number of nitrogens with one attached hydrogen (secondary N) is 1. The lowest BCUT2D eigenvalue weighted by Gasteiger charge is -2.40. The van der Waals surface area contributed by atoms with Crippen LogP contribution in [0.1, 0.15) is 30.4 Å². The molecule has 3 rings (SSSR count). The molecule has 1 aliphatic carbocycles. The van der Waals surface area contributed by atoms with Crippen LogP contribution in [0.4, 0.5) is 0 Å². The summed E-state index contributed by atoms with van der Waals surface area (Å²) in [6.45, 7) is 2.34. The molecule has 4 heteroatoms. The molecule has 0 radical (unpaired) electrons. The summed E-state index contributed by atoms with van der Waals surface area (Å²) in [4.78, 5) is 12.7. The highest BCUT2D eigenvalue weighted by Gasteiger charge is 2.45. The third kappa shape index (κ3) is 4.02.